The Bertz CT molecular complexity index is 790. The zero-order valence-corrected chi connectivity index (χ0v) is 16.6. The highest BCUT2D eigenvalue weighted by molar-refractivity contribution is 5.95. The molecule has 0 amide bonds. The Hall–Kier alpha value is -1.79. The number of nitrogens with two attached hydrogens (primary N) is 1. The third-order valence-corrected chi connectivity index (χ3v) is 5.39. The van der Waals surface area contributed by atoms with Crippen LogP contribution in [-0.2, 0) is 5.41 Å². The molecule has 2 aromatic rings. The number of aliphatic hydroxyl groups is 1. The normalized spacial score (nSPS) is 17.2. The van der Waals surface area contributed by atoms with E-state index in [1.165, 1.54) is 19.0 Å². The van der Waals surface area contributed by atoms with Gasteiger partial charge in [0, 0.05) is 23.9 Å². The average molecular weight is 373 g/mol. The Morgan fingerprint density at radius 1 is 1.41 bits per heavy atom. The number of Topliss-reactive ketones (excluding diaryl/α,β-unsaturated/α-hetero) is 1. The molecule has 3 rings (SSSR count). The molecule has 6 heteroatoms. The van der Waals surface area contributed by atoms with Crippen LogP contribution in [0.1, 0.15) is 75.5 Å². The summed E-state index contributed by atoms with van der Waals surface area (Å²) in [5.74, 6) is 1.84. The van der Waals surface area contributed by atoms with Crippen LogP contribution in [0.4, 0.5) is 0 Å². The predicted octanol–water partition coefficient (Wildman–Crippen LogP) is 3.61. The van der Waals surface area contributed by atoms with Gasteiger partial charge in [-0.2, -0.15) is 0 Å². The summed E-state index contributed by atoms with van der Waals surface area (Å²) in [6, 6.07) is 1.67. The highest BCUT2D eigenvalue weighted by atomic mass is 16.3. The monoisotopic (exact) mass is 373 g/mol. The number of furan rings is 1. The summed E-state index contributed by atoms with van der Waals surface area (Å²) in [5.41, 5.74) is 7.40. The number of hydrogen-bond acceptors (Lipinski definition) is 6. The molecule has 0 radical (unpaired) electrons. The number of carbonyl (C=O) groups excluding carboxylic acids is 1. The molecule has 0 spiro atoms. The van der Waals surface area contributed by atoms with Gasteiger partial charge >= 0.3 is 0 Å². The lowest BCUT2D eigenvalue weighted by molar-refractivity contribution is 0.0970. The van der Waals surface area contributed by atoms with E-state index in [2.05, 4.69) is 30.7 Å². The third-order valence-electron chi connectivity index (χ3n) is 5.39. The molecule has 0 bridgehead atoms. The number of nitrogens with zero attached hydrogens (tertiary/aromatic N) is 2. The first kappa shape index (κ1) is 20.0. The molecule has 148 valence electrons. The molecule has 1 fully saturated rings. The summed E-state index contributed by atoms with van der Waals surface area (Å²) in [4.78, 5) is 21.2. The lowest BCUT2D eigenvalue weighted by Gasteiger charge is -2.22. The van der Waals surface area contributed by atoms with Gasteiger partial charge in [0.1, 0.15) is 17.0 Å². The van der Waals surface area contributed by atoms with E-state index in [1.54, 1.807) is 0 Å². The van der Waals surface area contributed by atoms with Gasteiger partial charge in [0.15, 0.2) is 5.78 Å². The summed E-state index contributed by atoms with van der Waals surface area (Å²) < 4.78 is 5.74. The van der Waals surface area contributed by atoms with Crippen molar-refractivity contribution in [2.75, 3.05) is 6.61 Å². The molecular weight excluding hydrogens is 342 g/mol. The molecule has 1 aliphatic rings. The van der Waals surface area contributed by atoms with E-state index in [0.717, 1.165) is 30.9 Å². The molecule has 0 unspecified atom stereocenters. The molecule has 3 N–H and O–H groups in total. The average Bonchev–Trinajstić information content (AvgIpc) is 3.33. The fourth-order valence-electron chi connectivity index (χ4n) is 3.42. The van der Waals surface area contributed by atoms with Crippen molar-refractivity contribution in [3.05, 3.63) is 23.7 Å². The van der Waals surface area contributed by atoms with E-state index < -0.39 is 0 Å². The van der Waals surface area contributed by atoms with Crippen molar-refractivity contribution in [1.29, 1.82) is 0 Å². The van der Waals surface area contributed by atoms with Crippen LogP contribution in [0, 0.1) is 11.8 Å². The van der Waals surface area contributed by atoms with Gasteiger partial charge in [0.05, 0.1) is 12.8 Å². The maximum Gasteiger partial charge on any atom is 0.245 e. The van der Waals surface area contributed by atoms with Crippen LogP contribution in [0.5, 0.6) is 0 Å². The van der Waals surface area contributed by atoms with Crippen LogP contribution >= 0.6 is 0 Å². The zero-order chi connectivity index (χ0) is 19.6. The van der Waals surface area contributed by atoms with E-state index in [4.69, 9.17) is 10.2 Å². The molecule has 1 aliphatic carbocycles. The molecule has 2 heterocycles. The van der Waals surface area contributed by atoms with Crippen LogP contribution in [0.15, 0.2) is 16.7 Å². The van der Waals surface area contributed by atoms with Crippen molar-refractivity contribution in [1.82, 2.24) is 9.97 Å². The minimum absolute atomic E-state index is 0.00404. The highest BCUT2D eigenvalue weighted by Crippen LogP contribution is 2.37. The Morgan fingerprint density at radius 2 is 2.15 bits per heavy atom. The summed E-state index contributed by atoms with van der Waals surface area (Å²) >= 11 is 0. The number of fused-ring (bicyclic) bond motifs is 1. The van der Waals surface area contributed by atoms with Gasteiger partial charge in [-0.3, -0.25) is 4.79 Å². The second-order valence-corrected chi connectivity index (χ2v) is 8.91. The second kappa shape index (κ2) is 8.07. The summed E-state index contributed by atoms with van der Waals surface area (Å²) in [6.45, 7) is 6.19. The molecule has 0 aromatic carbocycles. The Morgan fingerprint density at radius 3 is 2.78 bits per heavy atom. The number of aromatic nitrogens is 2. The van der Waals surface area contributed by atoms with Crippen LogP contribution in [0.25, 0.3) is 11.2 Å². The van der Waals surface area contributed by atoms with Gasteiger partial charge in [-0.05, 0) is 31.1 Å². The first-order valence-corrected chi connectivity index (χ1v) is 9.94. The molecule has 2 aromatic heterocycles. The molecule has 0 saturated heterocycles. The Labute approximate surface area is 160 Å². The van der Waals surface area contributed by atoms with Crippen LogP contribution in [0.3, 0.4) is 0 Å². The van der Waals surface area contributed by atoms with Crippen molar-refractivity contribution >= 4 is 17.0 Å². The quantitative estimate of drug-likeness (QED) is 0.651. The van der Waals surface area contributed by atoms with Crippen LogP contribution in [0.2, 0.25) is 0 Å². The predicted molar refractivity (Wildman–Crippen MR) is 105 cm³/mol. The maximum atomic E-state index is 12.5. The smallest absolute Gasteiger partial charge is 0.245 e. The van der Waals surface area contributed by atoms with Gasteiger partial charge in [-0.25, -0.2) is 9.97 Å². The van der Waals surface area contributed by atoms with Gasteiger partial charge in [0.25, 0.3) is 0 Å². The lowest BCUT2D eigenvalue weighted by atomic mass is 9.89. The maximum absolute atomic E-state index is 12.5. The van der Waals surface area contributed by atoms with Crippen molar-refractivity contribution in [3.63, 3.8) is 0 Å². The Balaban J connectivity index is 1.60. The summed E-state index contributed by atoms with van der Waals surface area (Å²) in [6.07, 6.45) is 7.13. The Kier molecular flexibility index (Phi) is 5.96. The summed E-state index contributed by atoms with van der Waals surface area (Å²) in [7, 11) is 0. The van der Waals surface area contributed by atoms with Crippen LogP contribution < -0.4 is 5.73 Å². The summed E-state index contributed by atoms with van der Waals surface area (Å²) in [5, 5.41) is 9.37. The zero-order valence-electron chi connectivity index (χ0n) is 16.6. The molecule has 1 saturated carbocycles. The largest absolute Gasteiger partial charge is 0.441 e. The van der Waals surface area contributed by atoms with Crippen molar-refractivity contribution < 1.29 is 14.3 Å². The number of hydrogen-bond donors (Lipinski definition) is 2. The fourth-order valence-corrected chi connectivity index (χ4v) is 3.42. The first-order valence-electron chi connectivity index (χ1n) is 9.94. The van der Waals surface area contributed by atoms with Crippen molar-refractivity contribution in [3.8, 4) is 0 Å². The van der Waals surface area contributed by atoms with Gasteiger partial charge in [-0.1, -0.05) is 33.6 Å². The highest BCUT2D eigenvalue weighted by Gasteiger charge is 2.28. The number of carbonyl (C=O) groups is 1. The van der Waals surface area contributed by atoms with Crippen molar-refractivity contribution in [2.45, 2.75) is 70.8 Å². The second-order valence-electron chi connectivity index (χ2n) is 8.91. The minimum atomic E-state index is -0.196. The molecular formula is C21H31N3O3. The van der Waals surface area contributed by atoms with Gasteiger partial charge < -0.3 is 15.3 Å². The third kappa shape index (κ3) is 5.14. The van der Waals surface area contributed by atoms with E-state index in [-0.39, 0.29) is 29.8 Å². The topological polar surface area (TPSA) is 102 Å². The molecule has 0 aliphatic heterocycles. The lowest BCUT2D eigenvalue weighted by Crippen LogP contribution is -2.34. The van der Waals surface area contributed by atoms with Crippen molar-refractivity contribution in [2.24, 2.45) is 17.6 Å². The number of ketones is 1. The number of rotatable bonds is 9. The van der Waals surface area contributed by atoms with Gasteiger partial charge in [0.2, 0.25) is 5.71 Å². The standard InChI is InChI=1S/C21H31N3O3/c1-21(2,3)19-10-16-20(27-19)23-11-17(24-16)18(26)6-4-5-14(15(22)12-25)9-13-7-8-13/h10-11,13-15,25H,4-9,12,22H2,1-3H3/t14-,15-/m0/s1. The van der Waals surface area contributed by atoms with E-state index in [0.29, 0.717) is 23.3 Å². The molecule has 2 atom stereocenters. The molecule has 6 nitrogen and oxygen atoms in total. The van der Waals surface area contributed by atoms with E-state index in [1.807, 2.05) is 6.07 Å². The fraction of sp³-hybridized carbons (Fsp3) is 0.667. The number of aliphatic hydroxyl groups excluding tert-OH is 1. The minimum Gasteiger partial charge on any atom is -0.441 e. The van der Waals surface area contributed by atoms with Gasteiger partial charge in [-0.15, -0.1) is 0 Å². The SMILES string of the molecule is CC(C)(C)c1cc2nc(C(=O)CCC[C@@H](CC3CC3)[C@@H](N)CO)cnc2o1. The van der Waals surface area contributed by atoms with E-state index in [9.17, 15) is 9.90 Å². The first-order chi connectivity index (χ1) is 12.8. The molecule has 27 heavy (non-hydrogen) atoms. The van der Waals surface area contributed by atoms with Crippen LogP contribution in [-0.4, -0.2) is 33.5 Å². The van der Waals surface area contributed by atoms with E-state index >= 15 is 0 Å².